The molecule has 0 aliphatic carbocycles. The first kappa shape index (κ1) is 15.5. The molecule has 0 fully saturated rings. The molecule has 0 aliphatic heterocycles. The molecule has 0 aliphatic rings. The van der Waals surface area contributed by atoms with Gasteiger partial charge in [0.2, 0.25) is 5.91 Å². The van der Waals surface area contributed by atoms with E-state index in [9.17, 15) is 4.79 Å². The molecular weight excluding hydrogens is 284 g/mol. The Hall–Kier alpha value is -1.88. The third-order valence-electron chi connectivity index (χ3n) is 2.93. The quantitative estimate of drug-likeness (QED) is 0.855. The van der Waals surface area contributed by atoms with Crippen LogP contribution in [0.3, 0.4) is 0 Å². The Bertz CT molecular complexity index is 578. The van der Waals surface area contributed by atoms with Gasteiger partial charge < -0.3 is 10.1 Å². The van der Waals surface area contributed by atoms with Crippen LogP contribution in [0.2, 0.25) is 0 Å². The molecule has 0 spiro atoms. The van der Waals surface area contributed by atoms with Gasteiger partial charge in [-0.15, -0.1) is 11.3 Å². The van der Waals surface area contributed by atoms with Gasteiger partial charge >= 0.3 is 0 Å². The van der Waals surface area contributed by atoms with Gasteiger partial charge in [0.15, 0.2) is 0 Å². The molecule has 1 N–H and O–H groups in total. The van der Waals surface area contributed by atoms with Crippen molar-refractivity contribution >= 4 is 17.2 Å². The van der Waals surface area contributed by atoms with E-state index < -0.39 is 0 Å². The SMILES string of the molecule is CCOc1ccc(CC(=O)NCCc2nc(C)cs2)cc1. The third-order valence-corrected chi connectivity index (χ3v) is 3.95. The molecule has 1 aromatic carbocycles. The lowest BCUT2D eigenvalue weighted by molar-refractivity contribution is -0.120. The Morgan fingerprint density at radius 1 is 1.33 bits per heavy atom. The summed E-state index contributed by atoms with van der Waals surface area (Å²) in [5.41, 5.74) is 2.02. The standard InChI is InChI=1S/C16H20N2O2S/c1-3-20-14-6-4-13(5-7-14)10-15(19)17-9-8-16-18-12(2)11-21-16/h4-7,11H,3,8-10H2,1-2H3,(H,17,19). The number of hydrogen-bond donors (Lipinski definition) is 1. The molecule has 0 saturated carbocycles. The van der Waals surface area contributed by atoms with Gasteiger partial charge in [-0.25, -0.2) is 4.98 Å². The van der Waals surface area contributed by atoms with Crippen molar-refractivity contribution in [1.82, 2.24) is 10.3 Å². The summed E-state index contributed by atoms with van der Waals surface area (Å²) in [6, 6.07) is 7.64. The van der Waals surface area contributed by atoms with Gasteiger partial charge in [0.25, 0.3) is 0 Å². The van der Waals surface area contributed by atoms with Crippen LogP contribution in [-0.4, -0.2) is 24.0 Å². The second-order valence-electron chi connectivity index (χ2n) is 4.74. The molecule has 1 heterocycles. The number of carbonyl (C=O) groups is 1. The molecule has 2 rings (SSSR count). The molecule has 0 bridgehead atoms. The van der Waals surface area contributed by atoms with Gasteiger partial charge in [0.05, 0.1) is 18.0 Å². The molecule has 0 saturated heterocycles. The zero-order chi connectivity index (χ0) is 15.1. The maximum atomic E-state index is 11.9. The zero-order valence-electron chi connectivity index (χ0n) is 12.4. The van der Waals surface area contributed by atoms with Crippen LogP contribution in [0, 0.1) is 6.92 Å². The monoisotopic (exact) mass is 304 g/mol. The number of ether oxygens (including phenoxy) is 1. The van der Waals surface area contributed by atoms with Gasteiger partial charge in [-0.2, -0.15) is 0 Å². The van der Waals surface area contributed by atoms with E-state index in [0.29, 0.717) is 19.6 Å². The first-order valence-electron chi connectivity index (χ1n) is 7.07. The fourth-order valence-corrected chi connectivity index (χ4v) is 2.72. The van der Waals surface area contributed by atoms with Crippen LogP contribution in [0.25, 0.3) is 0 Å². The maximum Gasteiger partial charge on any atom is 0.224 e. The largest absolute Gasteiger partial charge is 0.494 e. The van der Waals surface area contributed by atoms with Crippen LogP contribution in [0.15, 0.2) is 29.6 Å². The first-order valence-corrected chi connectivity index (χ1v) is 7.94. The molecule has 0 radical (unpaired) electrons. The topological polar surface area (TPSA) is 51.2 Å². The highest BCUT2D eigenvalue weighted by atomic mass is 32.1. The van der Waals surface area contributed by atoms with E-state index >= 15 is 0 Å². The van der Waals surface area contributed by atoms with Gasteiger partial charge in [0.1, 0.15) is 5.75 Å². The lowest BCUT2D eigenvalue weighted by Crippen LogP contribution is -2.27. The molecule has 1 aromatic heterocycles. The Kier molecular flexibility index (Phi) is 5.75. The minimum absolute atomic E-state index is 0.0347. The number of carbonyl (C=O) groups excluding carboxylic acids is 1. The predicted molar refractivity (Wildman–Crippen MR) is 84.9 cm³/mol. The highest BCUT2D eigenvalue weighted by molar-refractivity contribution is 7.09. The second kappa shape index (κ2) is 7.78. The number of thiazole rings is 1. The van der Waals surface area contributed by atoms with Crippen molar-refractivity contribution in [2.75, 3.05) is 13.2 Å². The number of nitrogens with zero attached hydrogens (tertiary/aromatic N) is 1. The molecule has 2 aromatic rings. The lowest BCUT2D eigenvalue weighted by Gasteiger charge is -2.06. The number of aryl methyl sites for hydroxylation is 1. The number of aromatic nitrogens is 1. The molecule has 4 nitrogen and oxygen atoms in total. The predicted octanol–water partition coefficient (Wildman–Crippen LogP) is 2.75. The Morgan fingerprint density at radius 2 is 2.10 bits per heavy atom. The smallest absolute Gasteiger partial charge is 0.224 e. The van der Waals surface area contributed by atoms with Gasteiger partial charge in [-0.05, 0) is 31.5 Å². The van der Waals surface area contributed by atoms with E-state index in [1.807, 2.05) is 43.5 Å². The highest BCUT2D eigenvalue weighted by Crippen LogP contribution is 2.12. The van der Waals surface area contributed by atoms with E-state index in [0.717, 1.165) is 28.4 Å². The molecule has 0 atom stereocenters. The van der Waals surface area contributed by atoms with E-state index in [1.165, 1.54) is 0 Å². The summed E-state index contributed by atoms with van der Waals surface area (Å²) in [4.78, 5) is 16.2. The van der Waals surface area contributed by atoms with E-state index in [2.05, 4.69) is 10.3 Å². The summed E-state index contributed by atoms with van der Waals surface area (Å²) < 4.78 is 5.38. The minimum Gasteiger partial charge on any atom is -0.494 e. The van der Waals surface area contributed by atoms with Crippen LogP contribution >= 0.6 is 11.3 Å². The fourth-order valence-electron chi connectivity index (χ4n) is 1.94. The number of nitrogens with one attached hydrogen (secondary N) is 1. The maximum absolute atomic E-state index is 11.9. The third kappa shape index (κ3) is 5.19. The van der Waals surface area contributed by atoms with Crippen molar-refractivity contribution in [2.45, 2.75) is 26.7 Å². The van der Waals surface area contributed by atoms with Crippen LogP contribution in [0.4, 0.5) is 0 Å². The number of benzene rings is 1. The van der Waals surface area contributed by atoms with Crippen molar-refractivity contribution in [2.24, 2.45) is 0 Å². The Morgan fingerprint density at radius 3 is 2.71 bits per heavy atom. The van der Waals surface area contributed by atoms with Crippen LogP contribution in [0.5, 0.6) is 5.75 Å². The second-order valence-corrected chi connectivity index (χ2v) is 5.68. The molecule has 112 valence electrons. The number of rotatable bonds is 7. The van der Waals surface area contributed by atoms with Crippen molar-refractivity contribution in [3.05, 3.63) is 45.9 Å². The van der Waals surface area contributed by atoms with Crippen molar-refractivity contribution in [3.8, 4) is 5.75 Å². The molecule has 5 heteroatoms. The van der Waals surface area contributed by atoms with Crippen molar-refractivity contribution in [3.63, 3.8) is 0 Å². The number of amides is 1. The van der Waals surface area contributed by atoms with Gasteiger partial charge in [-0.3, -0.25) is 4.79 Å². The zero-order valence-corrected chi connectivity index (χ0v) is 13.2. The number of hydrogen-bond acceptors (Lipinski definition) is 4. The highest BCUT2D eigenvalue weighted by Gasteiger charge is 2.04. The summed E-state index contributed by atoms with van der Waals surface area (Å²) in [6.07, 6.45) is 1.18. The summed E-state index contributed by atoms with van der Waals surface area (Å²) >= 11 is 1.64. The average molecular weight is 304 g/mol. The van der Waals surface area contributed by atoms with Crippen molar-refractivity contribution in [1.29, 1.82) is 0 Å². The van der Waals surface area contributed by atoms with Gasteiger partial charge in [0, 0.05) is 24.0 Å². The van der Waals surface area contributed by atoms with E-state index in [1.54, 1.807) is 11.3 Å². The summed E-state index contributed by atoms with van der Waals surface area (Å²) in [5.74, 6) is 0.869. The summed E-state index contributed by atoms with van der Waals surface area (Å²) in [7, 11) is 0. The normalized spacial score (nSPS) is 10.4. The Labute approximate surface area is 129 Å². The average Bonchev–Trinajstić information content (AvgIpc) is 2.87. The summed E-state index contributed by atoms with van der Waals surface area (Å²) in [6.45, 7) is 5.20. The first-order chi connectivity index (χ1) is 10.2. The Balaban J connectivity index is 1.73. The minimum atomic E-state index is 0.0347. The lowest BCUT2D eigenvalue weighted by atomic mass is 10.1. The summed E-state index contributed by atoms with van der Waals surface area (Å²) in [5, 5.41) is 6.01. The van der Waals surface area contributed by atoms with Crippen LogP contribution in [-0.2, 0) is 17.6 Å². The fraction of sp³-hybridized carbons (Fsp3) is 0.375. The van der Waals surface area contributed by atoms with Crippen LogP contribution < -0.4 is 10.1 Å². The van der Waals surface area contributed by atoms with Crippen LogP contribution in [0.1, 0.15) is 23.2 Å². The molecule has 0 unspecified atom stereocenters. The van der Waals surface area contributed by atoms with Gasteiger partial charge in [-0.1, -0.05) is 12.1 Å². The molecule has 1 amide bonds. The molecular formula is C16H20N2O2S. The van der Waals surface area contributed by atoms with E-state index in [-0.39, 0.29) is 5.91 Å². The molecule has 21 heavy (non-hydrogen) atoms. The van der Waals surface area contributed by atoms with E-state index in [4.69, 9.17) is 4.74 Å². The van der Waals surface area contributed by atoms with Crippen molar-refractivity contribution < 1.29 is 9.53 Å².